The molecule has 6 nitrogen and oxygen atoms in total. The highest BCUT2D eigenvalue weighted by Gasteiger charge is 2.43. The summed E-state index contributed by atoms with van der Waals surface area (Å²) < 4.78 is 24.5. The Hall–Kier alpha value is -2.67. The molecule has 3 heterocycles. The molecule has 4 rings (SSSR count). The van der Waals surface area contributed by atoms with E-state index in [1.54, 1.807) is 18.3 Å². The number of nitrogens with zero attached hydrogens (tertiary/aromatic N) is 4. The molecule has 1 atom stereocenters. The summed E-state index contributed by atoms with van der Waals surface area (Å²) in [5, 5.41) is 4.23. The monoisotopic (exact) mass is 354 g/mol. The number of aryl methyl sites for hydroxylation is 1. The fourth-order valence-corrected chi connectivity index (χ4v) is 3.36. The fraction of sp³-hybridized carbons (Fsp3) is 0.368. The zero-order valence-electron chi connectivity index (χ0n) is 14.5. The third-order valence-corrected chi connectivity index (χ3v) is 4.78. The minimum absolute atomic E-state index is 0.276. The van der Waals surface area contributed by atoms with E-state index in [1.165, 1.54) is 18.5 Å². The molecule has 0 bridgehead atoms. The molecule has 3 aromatic rings. The molecular formula is C19H19FN4O2. The zero-order chi connectivity index (χ0) is 18.0. The molecule has 0 amide bonds. The van der Waals surface area contributed by atoms with Crippen molar-refractivity contribution in [3.8, 4) is 11.5 Å². The Kier molecular flexibility index (Phi) is 4.46. The number of ether oxygens (including phenoxy) is 1. The van der Waals surface area contributed by atoms with Gasteiger partial charge in [0.25, 0.3) is 5.89 Å². The Labute approximate surface area is 150 Å². The van der Waals surface area contributed by atoms with E-state index in [-0.39, 0.29) is 5.82 Å². The van der Waals surface area contributed by atoms with Gasteiger partial charge in [-0.05, 0) is 30.5 Å². The first-order chi connectivity index (χ1) is 12.7. The highest BCUT2D eigenvalue weighted by molar-refractivity contribution is 5.55. The van der Waals surface area contributed by atoms with Gasteiger partial charge in [0.2, 0.25) is 0 Å². The Morgan fingerprint density at radius 3 is 2.81 bits per heavy atom. The van der Waals surface area contributed by atoms with Gasteiger partial charge in [-0.3, -0.25) is 0 Å². The third-order valence-electron chi connectivity index (χ3n) is 4.78. The van der Waals surface area contributed by atoms with Crippen LogP contribution >= 0.6 is 0 Å². The minimum atomic E-state index is -0.532. The van der Waals surface area contributed by atoms with Gasteiger partial charge in [-0.25, -0.2) is 14.4 Å². The Bertz CT molecular complexity index is 889. The van der Waals surface area contributed by atoms with Gasteiger partial charge in [-0.15, -0.1) is 0 Å². The first-order valence-electron chi connectivity index (χ1n) is 8.70. The molecule has 0 radical (unpaired) electrons. The maximum Gasteiger partial charge on any atom is 0.261 e. The van der Waals surface area contributed by atoms with Crippen molar-refractivity contribution in [3.05, 3.63) is 59.7 Å². The van der Waals surface area contributed by atoms with E-state index in [0.29, 0.717) is 31.3 Å². The van der Waals surface area contributed by atoms with Crippen LogP contribution in [0.25, 0.3) is 11.5 Å². The smallest absolute Gasteiger partial charge is 0.261 e. The van der Waals surface area contributed by atoms with Crippen LogP contribution < -0.4 is 0 Å². The summed E-state index contributed by atoms with van der Waals surface area (Å²) in [4.78, 5) is 13.1. The van der Waals surface area contributed by atoms with E-state index in [1.807, 2.05) is 0 Å². The van der Waals surface area contributed by atoms with Crippen LogP contribution in [-0.4, -0.2) is 33.3 Å². The lowest BCUT2D eigenvalue weighted by Gasteiger charge is -2.23. The van der Waals surface area contributed by atoms with Gasteiger partial charge in [0.1, 0.15) is 12.1 Å². The van der Waals surface area contributed by atoms with Gasteiger partial charge in [0, 0.05) is 12.8 Å². The van der Waals surface area contributed by atoms with E-state index in [4.69, 9.17) is 9.26 Å². The first kappa shape index (κ1) is 16.8. The number of rotatable bonds is 5. The van der Waals surface area contributed by atoms with E-state index in [2.05, 4.69) is 27.0 Å². The van der Waals surface area contributed by atoms with Gasteiger partial charge < -0.3 is 9.26 Å². The van der Waals surface area contributed by atoms with Crippen LogP contribution in [0.3, 0.4) is 0 Å². The van der Waals surface area contributed by atoms with E-state index < -0.39 is 5.41 Å². The van der Waals surface area contributed by atoms with Gasteiger partial charge in [-0.2, -0.15) is 4.98 Å². The molecule has 1 saturated heterocycles. The second-order valence-electron chi connectivity index (χ2n) is 6.45. The topological polar surface area (TPSA) is 73.9 Å². The second-order valence-corrected chi connectivity index (χ2v) is 6.45. The largest absolute Gasteiger partial charge is 0.380 e. The summed E-state index contributed by atoms with van der Waals surface area (Å²) in [6.07, 6.45) is 5.70. The molecule has 0 unspecified atom stereocenters. The van der Waals surface area contributed by atoms with Crippen LogP contribution in [0.4, 0.5) is 4.39 Å². The number of hydrogen-bond donors (Lipinski definition) is 0. The predicted octanol–water partition coefficient (Wildman–Crippen LogP) is 3.32. The molecule has 0 N–H and O–H groups in total. The molecule has 0 spiro atoms. The fourth-order valence-electron chi connectivity index (χ4n) is 3.36. The maximum atomic E-state index is 13.3. The van der Waals surface area contributed by atoms with Crippen molar-refractivity contribution < 1.29 is 13.7 Å². The maximum absolute atomic E-state index is 13.3. The van der Waals surface area contributed by atoms with Crippen molar-refractivity contribution in [1.82, 2.24) is 20.1 Å². The van der Waals surface area contributed by atoms with Crippen LogP contribution in [-0.2, 0) is 16.6 Å². The third kappa shape index (κ3) is 2.88. The molecule has 1 aromatic carbocycles. The highest BCUT2D eigenvalue weighted by Crippen LogP contribution is 2.39. The summed E-state index contributed by atoms with van der Waals surface area (Å²) in [5.74, 6) is 0.669. The molecule has 1 aliphatic heterocycles. The standard InChI is InChI=1S/C19H19FN4O2/c1-2-3-16-15(10-21-12-22-16)17-23-18(24-26-17)19(8-9-25-11-19)13-4-6-14(20)7-5-13/h4-7,10,12H,2-3,8-9,11H2,1H3/t19-/m0/s1. The van der Waals surface area contributed by atoms with E-state index >= 15 is 0 Å². The van der Waals surface area contributed by atoms with Crippen LogP contribution in [0.5, 0.6) is 0 Å². The molecule has 0 aliphatic carbocycles. The summed E-state index contributed by atoms with van der Waals surface area (Å²) in [6.45, 7) is 3.12. The van der Waals surface area contributed by atoms with Crippen LogP contribution in [0.1, 0.15) is 36.8 Å². The van der Waals surface area contributed by atoms with Crippen molar-refractivity contribution in [3.63, 3.8) is 0 Å². The summed E-state index contributed by atoms with van der Waals surface area (Å²) >= 11 is 0. The van der Waals surface area contributed by atoms with Crippen molar-refractivity contribution >= 4 is 0 Å². The average molecular weight is 354 g/mol. The quantitative estimate of drug-likeness (QED) is 0.700. The Balaban J connectivity index is 1.75. The normalized spacial score (nSPS) is 19.8. The molecule has 2 aromatic heterocycles. The van der Waals surface area contributed by atoms with Crippen molar-refractivity contribution in [2.24, 2.45) is 0 Å². The Morgan fingerprint density at radius 2 is 2.08 bits per heavy atom. The van der Waals surface area contributed by atoms with Crippen LogP contribution in [0.15, 0.2) is 41.3 Å². The SMILES string of the molecule is CCCc1ncncc1-c1nc([C@@]2(c3ccc(F)cc3)CCOC2)no1. The summed E-state index contributed by atoms with van der Waals surface area (Å²) in [6, 6.07) is 6.41. The summed E-state index contributed by atoms with van der Waals surface area (Å²) in [5.41, 5.74) is 2.02. The lowest BCUT2D eigenvalue weighted by Crippen LogP contribution is -2.29. The molecule has 134 valence electrons. The van der Waals surface area contributed by atoms with Gasteiger partial charge in [-0.1, -0.05) is 30.6 Å². The molecule has 0 saturated carbocycles. The number of aromatic nitrogens is 4. The number of hydrogen-bond acceptors (Lipinski definition) is 6. The number of halogens is 1. The second kappa shape index (κ2) is 6.92. The lowest BCUT2D eigenvalue weighted by atomic mass is 9.79. The van der Waals surface area contributed by atoms with Crippen LogP contribution in [0, 0.1) is 5.82 Å². The van der Waals surface area contributed by atoms with Crippen molar-refractivity contribution in [2.45, 2.75) is 31.6 Å². The van der Waals surface area contributed by atoms with E-state index in [0.717, 1.165) is 29.7 Å². The predicted molar refractivity (Wildman–Crippen MR) is 91.9 cm³/mol. The van der Waals surface area contributed by atoms with Crippen molar-refractivity contribution in [1.29, 1.82) is 0 Å². The van der Waals surface area contributed by atoms with Gasteiger partial charge >= 0.3 is 0 Å². The molecule has 1 aliphatic rings. The average Bonchev–Trinajstić information content (AvgIpc) is 3.33. The minimum Gasteiger partial charge on any atom is -0.380 e. The number of benzene rings is 1. The van der Waals surface area contributed by atoms with Crippen molar-refractivity contribution in [2.75, 3.05) is 13.2 Å². The Morgan fingerprint density at radius 1 is 1.23 bits per heavy atom. The van der Waals surface area contributed by atoms with Crippen LogP contribution in [0.2, 0.25) is 0 Å². The molecule has 26 heavy (non-hydrogen) atoms. The van der Waals surface area contributed by atoms with Gasteiger partial charge in [0.15, 0.2) is 5.82 Å². The summed E-state index contributed by atoms with van der Waals surface area (Å²) in [7, 11) is 0. The first-order valence-corrected chi connectivity index (χ1v) is 8.70. The molecular weight excluding hydrogens is 335 g/mol. The lowest BCUT2D eigenvalue weighted by molar-refractivity contribution is 0.182. The zero-order valence-corrected chi connectivity index (χ0v) is 14.5. The molecule has 1 fully saturated rings. The molecule has 7 heteroatoms. The van der Waals surface area contributed by atoms with Gasteiger partial charge in [0.05, 0.1) is 23.3 Å². The van der Waals surface area contributed by atoms with E-state index in [9.17, 15) is 4.39 Å². The highest BCUT2D eigenvalue weighted by atomic mass is 19.1.